The van der Waals surface area contributed by atoms with Crippen molar-refractivity contribution in [2.75, 3.05) is 18.6 Å². The molecule has 0 aromatic heterocycles. The van der Waals surface area contributed by atoms with Crippen LogP contribution >= 0.6 is 0 Å². The summed E-state index contributed by atoms with van der Waals surface area (Å²) in [6.07, 6.45) is 0.322. The second kappa shape index (κ2) is 6.13. The molecule has 6 heteroatoms. The number of aryl methyl sites for hydroxylation is 1. The fourth-order valence-corrected chi connectivity index (χ4v) is 3.38. The number of halogens is 1. The zero-order valence-corrected chi connectivity index (χ0v) is 12.4. The van der Waals surface area contributed by atoms with E-state index in [0.717, 1.165) is 17.7 Å². The van der Waals surface area contributed by atoms with E-state index in [2.05, 4.69) is 0 Å². The predicted octanol–water partition coefficient (Wildman–Crippen LogP) is 2.43. The Kier molecular flexibility index (Phi) is 4.47. The van der Waals surface area contributed by atoms with Crippen molar-refractivity contribution >= 4 is 15.5 Å². The lowest BCUT2D eigenvalue weighted by atomic mass is 10.2. The molecule has 0 aliphatic carbocycles. The van der Waals surface area contributed by atoms with Gasteiger partial charge in [0.2, 0.25) is 0 Å². The van der Waals surface area contributed by atoms with Crippen molar-refractivity contribution in [2.45, 2.75) is 11.3 Å². The molecule has 0 radical (unpaired) electrons. The molecule has 0 atom stereocenters. The van der Waals surface area contributed by atoms with Crippen molar-refractivity contribution in [2.24, 2.45) is 0 Å². The van der Waals surface area contributed by atoms with Crippen LogP contribution in [0.4, 0.5) is 10.1 Å². The molecular weight excluding hydrogens is 293 g/mol. The minimum atomic E-state index is -3.62. The molecule has 0 spiro atoms. The summed E-state index contributed by atoms with van der Waals surface area (Å²) in [6, 6.07) is 10.5. The highest BCUT2D eigenvalue weighted by Gasteiger charge is 2.18. The number of benzene rings is 2. The molecule has 2 rings (SSSR count). The van der Waals surface area contributed by atoms with Gasteiger partial charge in [0.15, 0.2) is 9.84 Å². The first-order chi connectivity index (χ1) is 9.92. The number of ether oxygens (including phenoxy) is 1. The Morgan fingerprint density at radius 1 is 1.14 bits per heavy atom. The molecule has 0 unspecified atom stereocenters. The van der Waals surface area contributed by atoms with Crippen LogP contribution in [0.5, 0.6) is 5.75 Å². The van der Waals surface area contributed by atoms with E-state index >= 15 is 0 Å². The minimum Gasteiger partial charge on any atom is -0.497 e. The first-order valence-electron chi connectivity index (χ1n) is 6.33. The topological polar surface area (TPSA) is 69.4 Å². The SMILES string of the molecule is COc1ccc(CCS(=O)(=O)c2cc(F)ccc2N)cc1. The zero-order valence-electron chi connectivity index (χ0n) is 11.5. The first kappa shape index (κ1) is 15.3. The van der Waals surface area contributed by atoms with Crippen LogP contribution in [-0.2, 0) is 16.3 Å². The Morgan fingerprint density at radius 3 is 2.43 bits per heavy atom. The first-order valence-corrected chi connectivity index (χ1v) is 7.98. The van der Waals surface area contributed by atoms with Gasteiger partial charge < -0.3 is 10.5 Å². The van der Waals surface area contributed by atoms with Crippen molar-refractivity contribution in [1.82, 2.24) is 0 Å². The molecule has 0 heterocycles. The number of hydrogen-bond donors (Lipinski definition) is 1. The van der Waals surface area contributed by atoms with E-state index in [1.807, 2.05) is 0 Å². The third kappa shape index (κ3) is 3.72. The molecule has 0 saturated heterocycles. The summed E-state index contributed by atoms with van der Waals surface area (Å²) in [4.78, 5) is -0.156. The van der Waals surface area contributed by atoms with Gasteiger partial charge in [-0.05, 0) is 42.3 Å². The highest BCUT2D eigenvalue weighted by Crippen LogP contribution is 2.22. The molecule has 0 aliphatic heterocycles. The minimum absolute atomic E-state index is 0.0612. The quantitative estimate of drug-likeness (QED) is 0.861. The smallest absolute Gasteiger partial charge is 0.180 e. The van der Waals surface area contributed by atoms with Gasteiger partial charge in [-0.15, -0.1) is 0 Å². The Balaban J connectivity index is 2.15. The summed E-state index contributed by atoms with van der Waals surface area (Å²) in [7, 11) is -2.06. The number of nitrogen functional groups attached to an aromatic ring is 1. The van der Waals surface area contributed by atoms with Crippen LogP contribution in [0.15, 0.2) is 47.4 Å². The average Bonchev–Trinajstić information content (AvgIpc) is 2.48. The molecule has 0 fully saturated rings. The molecule has 0 bridgehead atoms. The second-order valence-corrected chi connectivity index (χ2v) is 6.68. The number of anilines is 1. The van der Waals surface area contributed by atoms with E-state index in [0.29, 0.717) is 12.2 Å². The maximum atomic E-state index is 13.2. The van der Waals surface area contributed by atoms with Crippen LogP contribution in [0.2, 0.25) is 0 Å². The Bertz CT molecular complexity index is 727. The summed E-state index contributed by atoms with van der Waals surface area (Å²) in [5.41, 5.74) is 6.54. The monoisotopic (exact) mass is 309 g/mol. The van der Waals surface area contributed by atoms with E-state index in [1.54, 1.807) is 31.4 Å². The standard InChI is InChI=1S/C15H16FNO3S/c1-20-13-5-2-11(3-6-13)8-9-21(18,19)15-10-12(16)4-7-14(15)17/h2-7,10H,8-9,17H2,1H3. The van der Waals surface area contributed by atoms with Gasteiger partial charge in [-0.2, -0.15) is 0 Å². The van der Waals surface area contributed by atoms with Gasteiger partial charge in [0.05, 0.1) is 23.4 Å². The molecule has 0 aliphatic rings. The molecule has 2 aromatic carbocycles. The van der Waals surface area contributed by atoms with Crippen LogP contribution in [0.3, 0.4) is 0 Å². The summed E-state index contributed by atoms with van der Waals surface area (Å²) >= 11 is 0. The molecule has 2 N–H and O–H groups in total. The Morgan fingerprint density at radius 2 is 1.81 bits per heavy atom. The molecule has 2 aromatic rings. The van der Waals surface area contributed by atoms with E-state index < -0.39 is 15.7 Å². The lowest BCUT2D eigenvalue weighted by Crippen LogP contribution is -2.11. The van der Waals surface area contributed by atoms with Crippen LogP contribution in [0.1, 0.15) is 5.56 Å². The number of hydrogen-bond acceptors (Lipinski definition) is 4. The van der Waals surface area contributed by atoms with Crippen molar-refractivity contribution in [3.8, 4) is 5.75 Å². The molecular formula is C15H16FNO3S. The van der Waals surface area contributed by atoms with Gasteiger partial charge in [0.25, 0.3) is 0 Å². The predicted molar refractivity (Wildman–Crippen MR) is 79.6 cm³/mol. The Labute approximate surface area is 123 Å². The van der Waals surface area contributed by atoms with Crippen LogP contribution in [0.25, 0.3) is 0 Å². The maximum Gasteiger partial charge on any atom is 0.180 e. The zero-order chi connectivity index (χ0) is 15.5. The van der Waals surface area contributed by atoms with E-state index in [-0.39, 0.29) is 16.3 Å². The largest absolute Gasteiger partial charge is 0.497 e. The van der Waals surface area contributed by atoms with Crippen molar-refractivity contribution in [1.29, 1.82) is 0 Å². The third-order valence-electron chi connectivity index (χ3n) is 3.13. The lowest BCUT2D eigenvalue weighted by Gasteiger charge is -2.08. The average molecular weight is 309 g/mol. The molecule has 112 valence electrons. The number of methoxy groups -OCH3 is 1. The van der Waals surface area contributed by atoms with Crippen molar-refractivity contribution in [3.63, 3.8) is 0 Å². The van der Waals surface area contributed by atoms with Gasteiger partial charge in [0, 0.05) is 0 Å². The van der Waals surface area contributed by atoms with E-state index in [9.17, 15) is 12.8 Å². The highest BCUT2D eigenvalue weighted by atomic mass is 32.2. The van der Waals surface area contributed by atoms with Crippen LogP contribution < -0.4 is 10.5 Å². The second-order valence-electron chi connectivity index (χ2n) is 4.60. The molecule has 4 nitrogen and oxygen atoms in total. The molecule has 0 amide bonds. The summed E-state index contributed by atoms with van der Waals surface area (Å²) in [6.45, 7) is 0. The van der Waals surface area contributed by atoms with Crippen molar-refractivity contribution in [3.05, 3.63) is 53.8 Å². The van der Waals surface area contributed by atoms with Gasteiger partial charge in [-0.1, -0.05) is 12.1 Å². The van der Waals surface area contributed by atoms with Gasteiger partial charge >= 0.3 is 0 Å². The van der Waals surface area contributed by atoms with Gasteiger partial charge in [-0.3, -0.25) is 0 Å². The van der Waals surface area contributed by atoms with Gasteiger partial charge in [-0.25, -0.2) is 12.8 Å². The van der Waals surface area contributed by atoms with E-state index in [1.165, 1.54) is 6.07 Å². The lowest BCUT2D eigenvalue weighted by molar-refractivity contribution is 0.414. The fraction of sp³-hybridized carbons (Fsp3) is 0.200. The van der Waals surface area contributed by atoms with Crippen LogP contribution in [0, 0.1) is 5.82 Å². The fourth-order valence-electron chi connectivity index (χ4n) is 1.93. The third-order valence-corrected chi connectivity index (χ3v) is 4.89. The maximum absolute atomic E-state index is 13.2. The summed E-state index contributed by atoms with van der Waals surface area (Å²) < 4.78 is 42.7. The normalized spacial score (nSPS) is 11.3. The van der Waals surface area contributed by atoms with Crippen LogP contribution in [-0.4, -0.2) is 21.3 Å². The molecule has 21 heavy (non-hydrogen) atoms. The van der Waals surface area contributed by atoms with E-state index in [4.69, 9.17) is 10.5 Å². The summed E-state index contributed by atoms with van der Waals surface area (Å²) in [5, 5.41) is 0. The Hall–Kier alpha value is -2.08. The molecule has 0 saturated carbocycles. The number of nitrogens with two attached hydrogens (primary N) is 1. The highest BCUT2D eigenvalue weighted by molar-refractivity contribution is 7.91. The number of sulfone groups is 1. The van der Waals surface area contributed by atoms with Crippen molar-refractivity contribution < 1.29 is 17.5 Å². The number of rotatable bonds is 5. The summed E-state index contributed by atoms with van der Waals surface area (Å²) in [5.74, 6) is -0.0457. The van der Waals surface area contributed by atoms with Gasteiger partial charge in [0.1, 0.15) is 11.6 Å².